The van der Waals surface area contributed by atoms with Crippen LogP contribution in [0.5, 0.6) is 0 Å². The highest BCUT2D eigenvalue weighted by molar-refractivity contribution is 6.06. The third kappa shape index (κ3) is 2.59. The molecule has 0 atom stereocenters. The van der Waals surface area contributed by atoms with Gasteiger partial charge < -0.3 is 9.80 Å². The molecule has 0 bridgehead atoms. The van der Waals surface area contributed by atoms with Crippen molar-refractivity contribution in [3.8, 4) is 0 Å². The quantitative estimate of drug-likeness (QED) is 0.813. The molecule has 2 aliphatic carbocycles. The third-order valence-electron chi connectivity index (χ3n) is 5.99. The molecule has 4 heteroatoms. The lowest BCUT2D eigenvalue weighted by molar-refractivity contribution is -0.117. The number of hydrogen-bond acceptors (Lipinski definition) is 4. The monoisotopic (exact) mass is 350 g/mol. The van der Waals surface area contributed by atoms with Crippen molar-refractivity contribution < 1.29 is 9.59 Å². The van der Waals surface area contributed by atoms with E-state index >= 15 is 0 Å². The van der Waals surface area contributed by atoms with Crippen molar-refractivity contribution in [2.24, 2.45) is 0 Å². The minimum atomic E-state index is -0.187. The minimum Gasteiger partial charge on any atom is -0.378 e. The summed E-state index contributed by atoms with van der Waals surface area (Å²) in [6, 6.07) is 8.33. The molecule has 0 saturated heterocycles. The van der Waals surface area contributed by atoms with Crippen molar-refractivity contribution in [3.63, 3.8) is 0 Å². The maximum Gasteiger partial charge on any atom is 0.161 e. The van der Waals surface area contributed by atoms with Crippen LogP contribution in [0.2, 0.25) is 0 Å². The van der Waals surface area contributed by atoms with E-state index in [1.165, 1.54) is 0 Å². The molecule has 0 spiro atoms. The van der Waals surface area contributed by atoms with Gasteiger partial charge in [-0.3, -0.25) is 9.59 Å². The molecule has 0 unspecified atom stereocenters. The Balaban J connectivity index is 1.89. The van der Waals surface area contributed by atoms with Gasteiger partial charge in [-0.25, -0.2) is 0 Å². The second kappa shape index (κ2) is 6.42. The summed E-state index contributed by atoms with van der Waals surface area (Å²) in [5.41, 5.74) is 6.19. The lowest BCUT2D eigenvalue weighted by Crippen LogP contribution is -2.37. The van der Waals surface area contributed by atoms with Gasteiger partial charge in [0, 0.05) is 68.1 Å². The van der Waals surface area contributed by atoms with E-state index in [1.807, 2.05) is 21.1 Å². The fourth-order valence-electron chi connectivity index (χ4n) is 4.65. The normalized spacial score (nSPS) is 21.1. The van der Waals surface area contributed by atoms with Gasteiger partial charge in [-0.2, -0.15) is 0 Å². The first kappa shape index (κ1) is 17.1. The van der Waals surface area contributed by atoms with Gasteiger partial charge in [-0.15, -0.1) is 0 Å². The van der Waals surface area contributed by atoms with Crippen molar-refractivity contribution in [3.05, 3.63) is 52.4 Å². The highest BCUT2D eigenvalue weighted by Gasteiger charge is 2.42. The molecule has 26 heavy (non-hydrogen) atoms. The maximum absolute atomic E-state index is 12.9. The average Bonchev–Trinajstić information content (AvgIpc) is 2.63. The summed E-state index contributed by atoms with van der Waals surface area (Å²) in [6.07, 6.45) is 4.85. The number of carbonyl (C=O) groups is 2. The Kier molecular flexibility index (Phi) is 4.22. The number of hydrogen-bond donors (Lipinski definition) is 0. The van der Waals surface area contributed by atoms with Gasteiger partial charge in [0.1, 0.15) is 0 Å². The van der Waals surface area contributed by atoms with Crippen molar-refractivity contribution in [1.29, 1.82) is 0 Å². The van der Waals surface area contributed by atoms with Gasteiger partial charge in [-0.1, -0.05) is 12.1 Å². The Morgan fingerprint density at radius 2 is 1.35 bits per heavy atom. The van der Waals surface area contributed by atoms with Crippen LogP contribution in [0.3, 0.4) is 0 Å². The number of rotatable bonds is 2. The Morgan fingerprint density at radius 1 is 0.846 bits per heavy atom. The lowest BCUT2D eigenvalue weighted by atomic mass is 9.71. The van der Waals surface area contributed by atoms with Crippen LogP contribution in [0.25, 0.3) is 0 Å². The van der Waals surface area contributed by atoms with Crippen LogP contribution in [0.1, 0.15) is 50.0 Å². The highest BCUT2D eigenvalue weighted by Crippen LogP contribution is 2.48. The Labute approximate surface area is 155 Å². The highest BCUT2D eigenvalue weighted by atomic mass is 16.1. The maximum atomic E-state index is 12.9. The zero-order valence-electron chi connectivity index (χ0n) is 15.8. The van der Waals surface area contributed by atoms with Gasteiger partial charge in [0.2, 0.25) is 0 Å². The number of nitrogens with zero attached hydrogens (tertiary/aromatic N) is 2. The molecule has 1 aromatic rings. The fraction of sp³-hybridized carbons (Fsp3) is 0.455. The second-order valence-corrected chi connectivity index (χ2v) is 7.75. The van der Waals surface area contributed by atoms with Crippen LogP contribution in [0.15, 0.2) is 46.8 Å². The molecule has 4 rings (SSSR count). The van der Waals surface area contributed by atoms with Gasteiger partial charge in [-0.05, 0) is 43.4 Å². The first-order valence-corrected chi connectivity index (χ1v) is 9.52. The fourth-order valence-corrected chi connectivity index (χ4v) is 4.65. The van der Waals surface area contributed by atoms with E-state index in [2.05, 4.69) is 34.1 Å². The number of carbonyl (C=O) groups excluding carboxylic acids is 2. The van der Waals surface area contributed by atoms with Gasteiger partial charge in [0.05, 0.1) is 0 Å². The van der Waals surface area contributed by atoms with Crippen LogP contribution in [-0.4, -0.2) is 37.6 Å². The van der Waals surface area contributed by atoms with E-state index in [1.54, 1.807) is 0 Å². The van der Waals surface area contributed by atoms with Gasteiger partial charge in [0.25, 0.3) is 0 Å². The van der Waals surface area contributed by atoms with Gasteiger partial charge >= 0.3 is 0 Å². The number of Topliss-reactive ketones (excluding diaryl/α,β-unsaturated/α-hetero) is 2. The van der Waals surface area contributed by atoms with Crippen molar-refractivity contribution in [2.45, 2.75) is 44.4 Å². The molecule has 0 aromatic heterocycles. The van der Waals surface area contributed by atoms with E-state index < -0.39 is 0 Å². The molecule has 4 nitrogen and oxygen atoms in total. The molecule has 0 saturated carbocycles. The van der Waals surface area contributed by atoms with Crippen LogP contribution in [-0.2, 0) is 9.59 Å². The van der Waals surface area contributed by atoms with E-state index in [4.69, 9.17) is 0 Å². The summed E-state index contributed by atoms with van der Waals surface area (Å²) in [5, 5.41) is 0. The predicted octanol–water partition coefficient (Wildman–Crippen LogP) is 3.80. The van der Waals surface area contributed by atoms with E-state index in [9.17, 15) is 9.59 Å². The van der Waals surface area contributed by atoms with Crippen molar-refractivity contribution >= 4 is 17.3 Å². The first-order valence-electron chi connectivity index (χ1n) is 9.52. The third-order valence-corrected chi connectivity index (χ3v) is 5.99. The average molecular weight is 350 g/mol. The zero-order chi connectivity index (χ0) is 18.4. The van der Waals surface area contributed by atoms with Crippen LogP contribution >= 0.6 is 0 Å². The van der Waals surface area contributed by atoms with Crippen LogP contribution in [0.4, 0.5) is 5.69 Å². The molecular formula is C22H26N2O2. The molecule has 0 N–H and O–H groups in total. The molecule has 0 fully saturated rings. The molecule has 0 radical (unpaired) electrons. The Bertz CT molecular complexity index is 786. The summed E-state index contributed by atoms with van der Waals surface area (Å²) < 4.78 is 0. The summed E-state index contributed by atoms with van der Waals surface area (Å²) in [6.45, 7) is 0. The smallest absolute Gasteiger partial charge is 0.161 e. The predicted molar refractivity (Wildman–Crippen MR) is 103 cm³/mol. The van der Waals surface area contributed by atoms with E-state index in [-0.39, 0.29) is 17.5 Å². The lowest BCUT2D eigenvalue weighted by Gasteiger charge is -2.42. The van der Waals surface area contributed by atoms with Gasteiger partial charge in [0.15, 0.2) is 11.6 Å². The van der Waals surface area contributed by atoms with Crippen LogP contribution in [0, 0.1) is 0 Å². The topological polar surface area (TPSA) is 40.6 Å². The molecule has 136 valence electrons. The molecule has 1 heterocycles. The standard InChI is InChI=1S/C22H26N2O2/c1-23(2)15-12-10-14(11-13-15)20-21-16(6-4-8-18(21)25)24(3)17-7-5-9-19(26)22(17)20/h10-13,20H,4-9H2,1-3H3. The minimum absolute atomic E-state index is 0.187. The van der Waals surface area contributed by atoms with Crippen LogP contribution < -0.4 is 4.90 Å². The SMILES string of the molecule is CN1C2=C(C(=O)CCC2)C(c2ccc(N(C)C)cc2)C2=C1CCCC2=O. The molecule has 1 aromatic carbocycles. The largest absolute Gasteiger partial charge is 0.378 e. The molecule has 3 aliphatic rings. The van der Waals surface area contributed by atoms with Crippen molar-refractivity contribution in [2.75, 3.05) is 26.0 Å². The number of benzene rings is 1. The molecule has 1 aliphatic heterocycles. The number of allylic oxidation sites excluding steroid dienone is 4. The summed E-state index contributed by atoms with van der Waals surface area (Å²) >= 11 is 0. The molecular weight excluding hydrogens is 324 g/mol. The molecule has 0 amide bonds. The summed E-state index contributed by atoms with van der Waals surface area (Å²) in [4.78, 5) is 30.0. The Hall–Kier alpha value is -2.36. The van der Waals surface area contributed by atoms with E-state index in [0.29, 0.717) is 12.8 Å². The Morgan fingerprint density at radius 3 is 1.81 bits per heavy atom. The number of ketones is 2. The zero-order valence-corrected chi connectivity index (χ0v) is 15.8. The van der Waals surface area contributed by atoms with E-state index in [0.717, 1.165) is 59.5 Å². The summed E-state index contributed by atoms with van der Waals surface area (Å²) in [5.74, 6) is 0.238. The van der Waals surface area contributed by atoms with Crippen molar-refractivity contribution in [1.82, 2.24) is 4.90 Å². The summed E-state index contributed by atoms with van der Waals surface area (Å²) in [7, 11) is 6.07. The first-order chi connectivity index (χ1) is 12.5. The second-order valence-electron chi connectivity index (χ2n) is 7.75. The number of anilines is 1.